The number of sulfonamides is 1. The fourth-order valence-electron chi connectivity index (χ4n) is 3.20. The molecule has 1 aliphatic heterocycles. The second kappa shape index (κ2) is 8.00. The number of carbonyl (C=O) groups is 1. The molecule has 2 aromatic carbocycles. The molecule has 1 fully saturated rings. The van der Waals surface area contributed by atoms with Gasteiger partial charge in [0.15, 0.2) is 0 Å². The minimum atomic E-state index is -3.60. The van der Waals surface area contributed by atoms with Gasteiger partial charge >= 0.3 is 0 Å². The van der Waals surface area contributed by atoms with E-state index in [2.05, 4.69) is 5.32 Å². The van der Waals surface area contributed by atoms with Crippen LogP contribution in [0.4, 0.5) is 5.69 Å². The van der Waals surface area contributed by atoms with Crippen LogP contribution in [0.2, 0.25) is 5.02 Å². The molecule has 0 radical (unpaired) electrons. The summed E-state index contributed by atoms with van der Waals surface area (Å²) in [7, 11) is -3.60. The number of aryl methyl sites for hydroxylation is 2. The molecule has 27 heavy (non-hydrogen) atoms. The Balaban J connectivity index is 1.74. The molecule has 0 aliphatic carbocycles. The van der Waals surface area contributed by atoms with Crippen LogP contribution in [0.1, 0.15) is 24.0 Å². The quantitative estimate of drug-likeness (QED) is 0.834. The summed E-state index contributed by atoms with van der Waals surface area (Å²) in [5.41, 5.74) is 2.57. The average Bonchev–Trinajstić information content (AvgIpc) is 2.65. The summed E-state index contributed by atoms with van der Waals surface area (Å²) < 4.78 is 27.2. The number of benzene rings is 2. The van der Waals surface area contributed by atoms with Crippen molar-refractivity contribution in [2.75, 3.05) is 18.4 Å². The van der Waals surface area contributed by atoms with E-state index in [-0.39, 0.29) is 17.3 Å². The Labute approximate surface area is 165 Å². The largest absolute Gasteiger partial charge is 0.326 e. The normalized spacial score (nSPS) is 18.3. The summed E-state index contributed by atoms with van der Waals surface area (Å²) in [5.74, 6) is -0.568. The molecule has 3 rings (SSSR count). The number of nitrogens with zero attached hydrogens (tertiary/aromatic N) is 1. The average molecular weight is 407 g/mol. The van der Waals surface area contributed by atoms with Crippen molar-refractivity contribution in [3.8, 4) is 0 Å². The predicted octanol–water partition coefficient (Wildman–Crippen LogP) is 4.00. The van der Waals surface area contributed by atoms with Crippen molar-refractivity contribution in [1.29, 1.82) is 0 Å². The van der Waals surface area contributed by atoms with E-state index in [1.165, 1.54) is 4.31 Å². The van der Waals surface area contributed by atoms with Gasteiger partial charge in [-0.15, -0.1) is 0 Å². The maximum Gasteiger partial charge on any atom is 0.243 e. The lowest BCUT2D eigenvalue weighted by Gasteiger charge is -2.31. The van der Waals surface area contributed by atoms with E-state index < -0.39 is 15.9 Å². The Morgan fingerprint density at radius 2 is 1.85 bits per heavy atom. The van der Waals surface area contributed by atoms with Gasteiger partial charge in [-0.25, -0.2) is 8.42 Å². The van der Waals surface area contributed by atoms with Crippen LogP contribution in [0.15, 0.2) is 47.4 Å². The molecular weight excluding hydrogens is 384 g/mol. The van der Waals surface area contributed by atoms with Crippen LogP contribution in [0.5, 0.6) is 0 Å². The van der Waals surface area contributed by atoms with Crippen molar-refractivity contribution < 1.29 is 13.2 Å². The summed E-state index contributed by atoms with van der Waals surface area (Å²) in [5, 5.41) is 3.44. The number of anilines is 1. The topological polar surface area (TPSA) is 66.5 Å². The molecule has 1 N–H and O–H groups in total. The van der Waals surface area contributed by atoms with Gasteiger partial charge in [0, 0.05) is 23.8 Å². The first-order valence-corrected chi connectivity index (χ1v) is 10.7. The fraction of sp³-hybridized carbons (Fsp3) is 0.350. The first-order chi connectivity index (χ1) is 12.8. The van der Waals surface area contributed by atoms with E-state index in [1.54, 1.807) is 36.4 Å². The molecular formula is C20H23ClN2O3S. The molecule has 0 unspecified atom stereocenters. The van der Waals surface area contributed by atoms with Crippen LogP contribution in [0.25, 0.3) is 0 Å². The molecule has 1 heterocycles. The van der Waals surface area contributed by atoms with E-state index in [0.717, 1.165) is 11.1 Å². The molecule has 0 saturated carbocycles. The van der Waals surface area contributed by atoms with Crippen molar-refractivity contribution in [3.05, 3.63) is 58.6 Å². The second-order valence-electron chi connectivity index (χ2n) is 6.96. The summed E-state index contributed by atoms with van der Waals surface area (Å²) in [6.45, 7) is 4.41. The molecule has 2 aromatic rings. The highest BCUT2D eigenvalue weighted by atomic mass is 35.5. The minimum absolute atomic E-state index is 0.177. The van der Waals surface area contributed by atoms with Crippen LogP contribution in [-0.4, -0.2) is 31.7 Å². The first-order valence-electron chi connectivity index (χ1n) is 8.91. The van der Waals surface area contributed by atoms with E-state index in [9.17, 15) is 13.2 Å². The zero-order chi connectivity index (χ0) is 19.6. The van der Waals surface area contributed by atoms with Gasteiger partial charge in [0.25, 0.3) is 0 Å². The van der Waals surface area contributed by atoms with Crippen molar-refractivity contribution in [2.24, 2.45) is 5.92 Å². The third kappa shape index (κ3) is 4.51. The highest BCUT2D eigenvalue weighted by Gasteiger charge is 2.33. The van der Waals surface area contributed by atoms with Crippen molar-refractivity contribution >= 4 is 33.2 Å². The van der Waals surface area contributed by atoms with Gasteiger partial charge in [-0.2, -0.15) is 4.31 Å². The third-order valence-corrected chi connectivity index (χ3v) is 6.99. The summed E-state index contributed by atoms with van der Waals surface area (Å²) >= 11 is 6.01. The molecule has 0 bridgehead atoms. The molecule has 1 amide bonds. The Hall–Kier alpha value is -1.89. The van der Waals surface area contributed by atoms with E-state index >= 15 is 0 Å². The Bertz CT molecular complexity index is 942. The molecule has 1 aliphatic rings. The Morgan fingerprint density at radius 3 is 2.56 bits per heavy atom. The van der Waals surface area contributed by atoms with Gasteiger partial charge in [0.2, 0.25) is 15.9 Å². The fourth-order valence-corrected chi connectivity index (χ4v) is 4.89. The SMILES string of the molecule is Cc1ccc(S(=O)(=O)N2CCC[C@@H](C(=O)Nc3cc(Cl)ccc3C)C2)cc1. The lowest BCUT2D eigenvalue weighted by atomic mass is 9.98. The van der Waals surface area contributed by atoms with Crippen LogP contribution >= 0.6 is 11.6 Å². The highest BCUT2D eigenvalue weighted by Crippen LogP contribution is 2.26. The van der Waals surface area contributed by atoms with Gasteiger partial charge in [-0.1, -0.05) is 35.4 Å². The van der Waals surface area contributed by atoms with E-state index in [1.807, 2.05) is 19.9 Å². The van der Waals surface area contributed by atoms with E-state index in [0.29, 0.717) is 30.1 Å². The summed E-state index contributed by atoms with van der Waals surface area (Å²) in [6, 6.07) is 12.1. The smallest absolute Gasteiger partial charge is 0.243 e. The van der Waals surface area contributed by atoms with Crippen LogP contribution in [0, 0.1) is 19.8 Å². The zero-order valence-corrected chi connectivity index (χ0v) is 17.0. The maximum atomic E-state index is 12.9. The van der Waals surface area contributed by atoms with Crippen LogP contribution in [0.3, 0.4) is 0 Å². The van der Waals surface area contributed by atoms with E-state index in [4.69, 9.17) is 11.6 Å². The number of amides is 1. The second-order valence-corrected chi connectivity index (χ2v) is 9.34. The number of hydrogen-bond donors (Lipinski definition) is 1. The van der Waals surface area contributed by atoms with Crippen molar-refractivity contribution in [2.45, 2.75) is 31.6 Å². The molecule has 5 nitrogen and oxygen atoms in total. The van der Waals surface area contributed by atoms with Crippen molar-refractivity contribution in [3.63, 3.8) is 0 Å². The Kier molecular flexibility index (Phi) is 5.89. The maximum absolute atomic E-state index is 12.9. The number of halogens is 1. The first kappa shape index (κ1) is 19.9. The standard InChI is InChI=1S/C20H23ClN2O3S/c1-14-5-9-18(10-6-14)27(25,26)23-11-3-4-16(13-23)20(24)22-19-12-17(21)8-7-15(19)2/h5-10,12,16H,3-4,11,13H2,1-2H3,(H,22,24)/t16-/m1/s1. The van der Waals surface area contributed by atoms with Gasteiger partial charge < -0.3 is 5.32 Å². The minimum Gasteiger partial charge on any atom is -0.326 e. The highest BCUT2D eigenvalue weighted by molar-refractivity contribution is 7.89. The molecule has 144 valence electrons. The molecule has 1 atom stereocenters. The van der Waals surface area contributed by atoms with Gasteiger partial charge in [-0.05, 0) is 56.5 Å². The number of piperidine rings is 1. The van der Waals surface area contributed by atoms with Crippen LogP contribution < -0.4 is 5.32 Å². The lowest BCUT2D eigenvalue weighted by Crippen LogP contribution is -2.43. The monoisotopic (exact) mass is 406 g/mol. The number of hydrogen-bond acceptors (Lipinski definition) is 3. The molecule has 7 heteroatoms. The lowest BCUT2D eigenvalue weighted by molar-refractivity contribution is -0.120. The molecule has 0 aromatic heterocycles. The van der Waals surface area contributed by atoms with Gasteiger partial charge in [0.05, 0.1) is 10.8 Å². The van der Waals surface area contributed by atoms with Crippen molar-refractivity contribution in [1.82, 2.24) is 4.31 Å². The number of rotatable bonds is 4. The zero-order valence-electron chi connectivity index (χ0n) is 15.4. The number of carbonyl (C=O) groups excluding carboxylic acids is 1. The summed E-state index contributed by atoms with van der Waals surface area (Å²) in [6.07, 6.45) is 1.31. The van der Waals surface area contributed by atoms with Gasteiger partial charge in [-0.3, -0.25) is 4.79 Å². The Morgan fingerprint density at radius 1 is 1.15 bits per heavy atom. The number of nitrogens with one attached hydrogen (secondary N) is 1. The van der Waals surface area contributed by atoms with Crippen LogP contribution in [-0.2, 0) is 14.8 Å². The summed E-state index contributed by atoms with van der Waals surface area (Å²) in [4.78, 5) is 13.0. The molecule has 1 saturated heterocycles. The third-order valence-electron chi connectivity index (χ3n) is 4.87. The van der Waals surface area contributed by atoms with Gasteiger partial charge in [0.1, 0.15) is 0 Å². The molecule has 0 spiro atoms. The predicted molar refractivity (Wildman–Crippen MR) is 107 cm³/mol.